The van der Waals surface area contributed by atoms with Gasteiger partial charge in [-0.1, -0.05) is 6.07 Å². The van der Waals surface area contributed by atoms with E-state index in [-0.39, 0.29) is 12.1 Å². The van der Waals surface area contributed by atoms with Crippen molar-refractivity contribution in [3.8, 4) is 0 Å². The molecule has 1 aliphatic rings. The minimum atomic E-state index is -0.614. The fourth-order valence-corrected chi connectivity index (χ4v) is 2.18. The Morgan fingerprint density at radius 1 is 1.39 bits per heavy atom. The summed E-state index contributed by atoms with van der Waals surface area (Å²) < 4.78 is 15.9. The van der Waals surface area contributed by atoms with Crippen LogP contribution in [0.5, 0.6) is 0 Å². The third kappa shape index (κ3) is 5.22. The molecule has 1 fully saturated rings. The number of hydrogen-bond acceptors (Lipinski definition) is 5. The van der Waals surface area contributed by atoms with Gasteiger partial charge in [0.15, 0.2) is 5.79 Å². The molecule has 2 N–H and O–H groups in total. The van der Waals surface area contributed by atoms with E-state index >= 15 is 0 Å². The van der Waals surface area contributed by atoms with Crippen molar-refractivity contribution < 1.29 is 23.8 Å². The summed E-state index contributed by atoms with van der Waals surface area (Å²) in [5.41, 5.74) is 0.899. The molecule has 2 amide bonds. The largest absolute Gasteiger partial charge is 0.462 e. The van der Waals surface area contributed by atoms with Gasteiger partial charge in [-0.15, -0.1) is 0 Å². The van der Waals surface area contributed by atoms with Gasteiger partial charge in [-0.25, -0.2) is 9.59 Å². The first kappa shape index (κ1) is 17.2. The molecule has 1 saturated heterocycles. The fourth-order valence-electron chi connectivity index (χ4n) is 2.18. The molecule has 0 saturated carbocycles. The summed E-state index contributed by atoms with van der Waals surface area (Å²) in [5, 5.41) is 5.38. The molecule has 1 aromatic rings. The third-order valence-corrected chi connectivity index (χ3v) is 3.19. The third-order valence-electron chi connectivity index (χ3n) is 3.19. The van der Waals surface area contributed by atoms with Gasteiger partial charge in [0.05, 0.1) is 18.8 Å². The van der Waals surface area contributed by atoms with Gasteiger partial charge in [0.2, 0.25) is 0 Å². The van der Waals surface area contributed by atoms with E-state index < -0.39 is 11.8 Å². The maximum atomic E-state index is 11.9. The van der Waals surface area contributed by atoms with Crippen molar-refractivity contribution in [3.05, 3.63) is 29.8 Å². The van der Waals surface area contributed by atoms with Gasteiger partial charge in [-0.2, -0.15) is 0 Å². The van der Waals surface area contributed by atoms with Crippen LogP contribution in [0.4, 0.5) is 10.5 Å². The van der Waals surface area contributed by atoms with E-state index in [2.05, 4.69) is 10.6 Å². The highest BCUT2D eigenvalue weighted by molar-refractivity contribution is 5.93. The molecule has 0 radical (unpaired) electrons. The Kier molecular flexibility index (Phi) is 5.57. The Labute approximate surface area is 135 Å². The monoisotopic (exact) mass is 322 g/mol. The number of carbonyl (C=O) groups is 2. The number of benzene rings is 1. The highest BCUT2D eigenvalue weighted by Crippen LogP contribution is 2.21. The Hall–Kier alpha value is -2.12. The number of amides is 2. The van der Waals surface area contributed by atoms with E-state index in [9.17, 15) is 9.59 Å². The zero-order valence-electron chi connectivity index (χ0n) is 13.5. The lowest BCUT2D eigenvalue weighted by molar-refractivity contribution is -0.137. The molecule has 1 aliphatic heterocycles. The predicted molar refractivity (Wildman–Crippen MR) is 84.3 cm³/mol. The van der Waals surface area contributed by atoms with Crippen LogP contribution in [0, 0.1) is 0 Å². The van der Waals surface area contributed by atoms with Crippen LogP contribution < -0.4 is 10.6 Å². The Morgan fingerprint density at radius 2 is 2.17 bits per heavy atom. The molecule has 126 valence electrons. The minimum absolute atomic E-state index is 0.179. The number of nitrogens with one attached hydrogen (secondary N) is 2. The van der Waals surface area contributed by atoms with Gasteiger partial charge < -0.3 is 24.8 Å². The van der Waals surface area contributed by atoms with Gasteiger partial charge in [0.25, 0.3) is 0 Å². The molecule has 0 aliphatic carbocycles. The topological polar surface area (TPSA) is 85.9 Å². The molecular formula is C16H22N2O5. The number of ether oxygens (including phenoxy) is 3. The van der Waals surface area contributed by atoms with Gasteiger partial charge in [-0.3, -0.25) is 0 Å². The quantitative estimate of drug-likeness (QED) is 0.811. The predicted octanol–water partition coefficient (Wildman–Crippen LogP) is 2.14. The van der Waals surface area contributed by atoms with E-state index in [1.807, 2.05) is 13.8 Å². The van der Waals surface area contributed by atoms with Crippen molar-refractivity contribution in [2.75, 3.05) is 25.1 Å². The van der Waals surface area contributed by atoms with Crippen molar-refractivity contribution in [1.29, 1.82) is 0 Å². The van der Waals surface area contributed by atoms with E-state index in [4.69, 9.17) is 14.2 Å². The first-order chi connectivity index (χ1) is 10.9. The second kappa shape index (κ2) is 7.43. The average Bonchev–Trinajstić information content (AvgIpc) is 2.85. The zero-order valence-corrected chi connectivity index (χ0v) is 13.5. The van der Waals surface area contributed by atoms with Crippen molar-refractivity contribution in [3.63, 3.8) is 0 Å². The van der Waals surface area contributed by atoms with Crippen LogP contribution >= 0.6 is 0 Å². The fraction of sp³-hybridized carbons (Fsp3) is 0.500. The van der Waals surface area contributed by atoms with Crippen LogP contribution in [0.15, 0.2) is 24.3 Å². The number of rotatable bonds is 5. The van der Waals surface area contributed by atoms with E-state index in [0.29, 0.717) is 31.0 Å². The van der Waals surface area contributed by atoms with Crippen LogP contribution in [-0.2, 0) is 14.2 Å². The summed E-state index contributed by atoms with van der Waals surface area (Å²) in [7, 11) is 0. The molecule has 0 aromatic heterocycles. The lowest BCUT2D eigenvalue weighted by Crippen LogP contribution is -2.37. The van der Waals surface area contributed by atoms with Crippen LogP contribution in [0.1, 0.15) is 31.1 Å². The molecule has 2 rings (SSSR count). The lowest BCUT2D eigenvalue weighted by Gasteiger charge is -2.17. The van der Waals surface area contributed by atoms with Gasteiger partial charge in [0, 0.05) is 12.2 Å². The summed E-state index contributed by atoms with van der Waals surface area (Å²) in [6.07, 6.45) is -0.179. The molecule has 1 atom stereocenters. The van der Waals surface area contributed by atoms with Gasteiger partial charge >= 0.3 is 12.0 Å². The van der Waals surface area contributed by atoms with E-state index in [0.717, 1.165) is 0 Å². The second-order valence-corrected chi connectivity index (χ2v) is 5.59. The van der Waals surface area contributed by atoms with Crippen molar-refractivity contribution in [2.24, 2.45) is 0 Å². The number of urea groups is 1. The summed E-state index contributed by atoms with van der Waals surface area (Å²) >= 11 is 0. The molecule has 1 heterocycles. The number of esters is 1. The van der Waals surface area contributed by atoms with Crippen LogP contribution in [0.2, 0.25) is 0 Å². The molecule has 0 bridgehead atoms. The first-order valence-corrected chi connectivity index (χ1v) is 7.53. The Bertz CT molecular complexity index is 573. The Balaban J connectivity index is 1.83. The second-order valence-electron chi connectivity index (χ2n) is 5.59. The Morgan fingerprint density at radius 3 is 2.83 bits per heavy atom. The molecule has 1 aromatic carbocycles. The van der Waals surface area contributed by atoms with Crippen molar-refractivity contribution >= 4 is 17.7 Å². The summed E-state index contributed by atoms with van der Waals surface area (Å²) in [4.78, 5) is 23.6. The molecular weight excluding hydrogens is 300 g/mol. The SMILES string of the molecule is CCOC(=O)c1cccc(NC(=O)NCC2COC(C)(C)O2)c1. The molecule has 1 unspecified atom stereocenters. The van der Waals surface area contributed by atoms with Crippen molar-refractivity contribution in [1.82, 2.24) is 5.32 Å². The van der Waals surface area contributed by atoms with Crippen molar-refractivity contribution in [2.45, 2.75) is 32.7 Å². The first-order valence-electron chi connectivity index (χ1n) is 7.53. The maximum absolute atomic E-state index is 11.9. The molecule has 7 heteroatoms. The standard InChI is InChI=1S/C16H22N2O5/c1-4-21-14(19)11-6-5-7-12(8-11)18-15(20)17-9-13-10-22-16(2,3)23-13/h5-8,13H,4,9-10H2,1-3H3,(H2,17,18,20). The lowest BCUT2D eigenvalue weighted by atomic mass is 10.2. The van der Waals surface area contributed by atoms with Gasteiger partial charge in [-0.05, 0) is 39.0 Å². The van der Waals surface area contributed by atoms with Gasteiger partial charge in [0.1, 0.15) is 6.10 Å². The zero-order chi connectivity index (χ0) is 16.9. The van der Waals surface area contributed by atoms with E-state index in [1.165, 1.54) is 0 Å². The summed E-state index contributed by atoms with van der Waals surface area (Å²) in [5.74, 6) is -1.04. The summed E-state index contributed by atoms with van der Waals surface area (Å²) in [6, 6.07) is 6.20. The average molecular weight is 322 g/mol. The summed E-state index contributed by atoms with van der Waals surface area (Å²) in [6.45, 7) is 6.47. The number of hydrogen-bond donors (Lipinski definition) is 2. The highest BCUT2D eigenvalue weighted by Gasteiger charge is 2.32. The van der Waals surface area contributed by atoms with Crippen LogP contribution in [0.3, 0.4) is 0 Å². The van der Waals surface area contributed by atoms with Crippen LogP contribution in [-0.4, -0.2) is 43.7 Å². The smallest absolute Gasteiger partial charge is 0.338 e. The van der Waals surface area contributed by atoms with Crippen LogP contribution in [0.25, 0.3) is 0 Å². The van der Waals surface area contributed by atoms with E-state index in [1.54, 1.807) is 31.2 Å². The maximum Gasteiger partial charge on any atom is 0.338 e. The highest BCUT2D eigenvalue weighted by atomic mass is 16.7. The molecule has 23 heavy (non-hydrogen) atoms. The molecule has 7 nitrogen and oxygen atoms in total. The molecule has 0 spiro atoms. The normalized spacial score (nSPS) is 19.2. The number of anilines is 1. The number of carbonyl (C=O) groups excluding carboxylic acids is 2. The minimum Gasteiger partial charge on any atom is -0.462 e.